The van der Waals surface area contributed by atoms with Gasteiger partial charge in [0.2, 0.25) is 5.91 Å². The van der Waals surface area contributed by atoms with Gasteiger partial charge in [0.25, 0.3) is 11.6 Å². The van der Waals surface area contributed by atoms with Crippen LogP contribution in [0.2, 0.25) is 0 Å². The van der Waals surface area contributed by atoms with Crippen LogP contribution in [0, 0.1) is 17.0 Å². The second kappa shape index (κ2) is 8.89. The number of nitro groups is 1. The number of benzene rings is 2. The van der Waals surface area contributed by atoms with Crippen molar-refractivity contribution in [1.82, 2.24) is 20.0 Å². The molecule has 0 spiro atoms. The first-order valence-corrected chi connectivity index (χ1v) is 10.5. The summed E-state index contributed by atoms with van der Waals surface area (Å²) in [4.78, 5) is 49.7. The molecule has 12 nitrogen and oxygen atoms in total. The SMILES string of the molecule is COc1ccc(C2(C)NC(=O)N(CC(=O)Nc3cc(C)nn3-c3ccc([N+](=O)[O-])cc3)C2=O)cc1. The first-order valence-electron chi connectivity index (χ1n) is 10.5. The summed E-state index contributed by atoms with van der Waals surface area (Å²) in [6.07, 6.45) is 0. The Bertz CT molecular complexity index is 1320. The summed E-state index contributed by atoms with van der Waals surface area (Å²) >= 11 is 0. The molecule has 1 atom stereocenters. The Kier molecular flexibility index (Phi) is 5.95. The van der Waals surface area contributed by atoms with Crippen LogP contribution in [-0.2, 0) is 15.1 Å². The van der Waals surface area contributed by atoms with Crippen molar-refractivity contribution < 1.29 is 24.0 Å². The molecule has 35 heavy (non-hydrogen) atoms. The molecule has 0 radical (unpaired) electrons. The molecule has 0 saturated carbocycles. The normalized spacial score (nSPS) is 17.3. The average Bonchev–Trinajstić information content (AvgIpc) is 3.31. The van der Waals surface area contributed by atoms with Gasteiger partial charge in [0.15, 0.2) is 0 Å². The molecule has 1 aliphatic rings. The zero-order chi connectivity index (χ0) is 25.3. The van der Waals surface area contributed by atoms with Crippen molar-refractivity contribution in [1.29, 1.82) is 0 Å². The lowest BCUT2D eigenvalue weighted by atomic mass is 9.92. The lowest BCUT2D eigenvalue weighted by Crippen LogP contribution is -2.42. The maximum atomic E-state index is 13.1. The lowest BCUT2D eigenvalue weighted by molar-refractivity contribution is -0.384. The molecule has 0 aliphatic carbocycles. The highest BCUT2D eigenvalue weighted by Gasteiger charge is 2.49. The number of non-ortho nitro benzene ring substituents is 1. The van der Waals surface area contributed by atoms with Crippen molar-refractivity contribution in [3.63, 3.8) is 0 Å². The summed E-state index contributed by atoms with van der Waals surface area (Å²) in [6.45, 7) is 2.77. The van der Waals surface area contributed by atoms with E-state index in [0.717, 1.165) is 4.90 Å². The van der Waals surface area contributed by atoms with E-state index in [1.54, 1.807) is 44.2 Å². The first kappa shape index (κ1) is 23.4. The average molecular weight is 478 g/mol. The molecule has 180 valence electrons. The van der Waals surface area contributed by atoms with Gasteiger partial charge in [-0.3, -0.25) is 24.6 Å². The van der Waals surface area contributed by atoms with E-state index in [2.05, 4.69) is 15.7 Å². The molecule has 3 aromatic rings. The van der Waals surface area contributed by atoms with Crippen LogP contribution in [-0.4, -0.2) is 51.1 Å². The molecule has 1 aromatic heterocycles. The van der Waals surface area contributed by atoms with E-state index in [9.17, 15) is 24.5 Å². The maximum Gasteiger partial charge on any atom is 0.325 e. The highest BCUT2D eigenvalue weighted by Crippen LogP contribution is 2.30. The third-order valence-electron chi connectivity index (χ3n) is 5.65. The fraction of sp³-hybridized carbons (Fsp3) is 0.217. The van der Waals surface area contributed by atoms with Gasteiger partial charge in [-0.2, -0.15) is 5.10 Å². The number of imide groups is 1. The first-order chi connectivity index (χ1) is 16.6. The summed E-state index contributed by atoms with van der Waals surface area (Å²) < 4.78 is 6.54. The van der Waals surface area contributed by atoms with Gasteiger partial charge in [0, 0.05) is 18.2 Å². The van der Waals surface area contributed by atoms with Crippen LogP contribution < -0.4 is 15.4 Å². The smallest absolute Gasteiger partial charge is 0.325 e. The Balaban J connectivity index is 1.50. The van der Waals surface area contributed by atoms with Crippen molar-refractivity contribution in [3.8, 4) is 11.4 Å². The number of nitrogens with zero attached hydrogens (tertiary/aromatic N) is 4. The number of carbonyl (C=O) groups excluding carboxylic acids is 3. The predicted molar refractivity (Wildman–Crippen MR) is 124 cm³/mol. The number of aryl methyl sites for hydroxylation is 1. The second-order valence-electron chi connectivity index (χ2n) is 8.08. The zero-order valence-electron chi connectivity index (χ0n) is 19.1. The number of ether oxygens (including phenoxy) is 1. The zero-order valence-corrected chi connectivity index (χ0v) is 19.1. The summed E-state index contributed by atoms with van der Waals surface area (Å²) in [7, 11) is 1.52. The third-order valence-corrected chi connectivity index (χ3v) is 5.65. The van der Waals surface area contributed by atoms with Crippen molar-refractivity contribution in [2.75, 3.05) is 19.0 Å². The van der Waals surface area contributed by atoms with Gasteiger partial charge < -0.3 is 15.4 Å². The van der Waals surface area contributed by atoms with E-state index in [-0.39, 0.29) is 11.5 Å². The molecule has 1 aliphatic heterocycles. The molecular formula is C23H22N6O6. The minimum absolute atomic E-state index is 0.0818. The molecule has 2 heterocycles. The summed E-state index contributed by atoms with van der Waals surface area (Å²) in [6, 6.07) is 13.3. The van der Waals surface area contributed by atoms with Gasteiger partial charge in [-0.25, -0.2) is 9.48 Å². The maximum absolute atomic E-state index is 13.1. The second-order valence-corrected chi connectivity index (χ2v) is 8.08. The molecular weight excluding hydrogens is 456 g/mol. The van der Waals surface area contributed by atoms with Crippen LogP contribution in [0.1, 0.15) is 18.2 Å². The monoisotopic (exact) mass is 478 g/mol. The molecule has 4 amide bonds. The molecule has 12 heteroatoms. The minimum Gasteiger partial charge on any atom is -0.497 e. The van der Waals surface area contributed by atoms with E-state index in [1.807, 2.05) is 0 Å². The quantitative estimate of drug-likeness (QED) is 0.301. The fourth-order valence-corrected chi connectivity index (χ4v) is 3.79. The van der Waals surface area contributed by atoms with Gasteiger partial charge >= 0.3 is 6.03 Å². The Morgan fingerprint density at radius 3 is 2.43 bits per heavy atom. The summed E-state index contributed by atoms with van der Waals surface area (Å²) in [5.41, 5.74) is 0.204. The number of methoxy groups -OCH3 is 1. The predicted octanol–water partition coefficient (Wildman–Crippen LogP) is 2.50. The molecule has 1 fully saturated rings. The van der Waals surface area contributed by atoms with Crippen molar-refractivity contribution in [2.45, 2.75) is 19.4 Å². The van der Waals surface area contributed by atoms with Gasteiger partial charge in [-0.1, -0.05) is 12.1 Å². The third kappa shape index (κ3) is 4.40. The molecule has 2 aromatic carbocycles. The minimum atomic E-state index is -1.33. The van der Waals surface area contributed by atoms with Crippen LogP contribution >= 0.6 is 0 Å². The van der Waals surface area contributed by atoms with E-state index >= 15 is 0 Å². The number of hydrogen-bond acceptors (Lipinski definition) is 7. The van der Waals surface area contributed by atoms with E-state index in [1.165, 1.54) is 36.1 Å². The Hall–Kier alpha value is -4.74. The van der Waals surface area contributed by atoms with E-state index < -0.39 is 34.9 Å². The highest BCUT2D eigenvalue weighted by molar-refractivity contribution is 6.10. The molecule has 4 rings (SSSR count). The Morgan fingerprint density at radius 1 is 1.17 bits per heavy atom. The molecule has 1 saturated heterocycles. The number of nitro benzene ring substituents is 1. The summed E-state index contributed by atoms with van der Waals surface area (Å²) in [5, 5.41) is 20.5. The fourth-order valence-electron chi connectivity index (χ4n) is 3.79. The van der Waals surface area contributed by atoms with Crippen molar-refractivity contribution >= 4 is 29.4 Å². The number of anilines is 1. The van der Waals surface area contributed by atoms with Crippen LogP contribution in [0.3, 0.4) is 0 Å². The van der Waals surface area contributed by atoms with Gasteiger partial charge in [-0.15, -0.1) is 0 Å². The lowest BCUT2D eigenvalue weighted by Gasteiger charge is -2.22. The Morgan fingerprint density at radius 2 is 1.83 bits per heavy atom. The molecule has 0 bridgehead atoms. The van der Waals surface area contributed by atoms with Crippen LogP contribution in [0.5, 0.6) is 5.75 Å². The van der Waals surface area contributed by atoms with Gasteiger partial charge in [-0.05, 0) is 43.7 Å². The van der Waals surface area contributed by atoms with Crippen LogP contribution in [0.25, 0.3) is 5.69 Å². The molecule has 2 N–H and O–H groups in total. The number of hydrogen-bond donors (Lipinski definition) is 2. The van der Waals surface area contributed by atoms with Crippen molar-refractivity contribution in [2.24, 2.45) is 0 Å². The van der Waals surface area contributed by atoms with Crippen LogP contribution in [0.15, 0.2) is 54.6 Å². The largest absolute Gasteiger partial charge is 0.497 e. The van der Waals surface area contributed by atoms with E-state index in [4.69, 9.17) is 4.74 Å². The number of aromatic nitrogens is 2. The van der Waals surface area contributed by atoms with Gasteiger partial charge in [0.05, 0.1) is 23.4 Å². The van der Waals surface area contributed by atoms with Gasteiger partial charge in [0.1, 0.15) is 23.7 Å². The number of carbonyl (C=O) groups is 3. The number of urea groups is 1. The Labute approximate surface area is 199 Å². The number of rotatable bonds is 7. The van der Waals surface area contributed by atoms with Crippen LogP contribution in [0.4, 0.5) is 16.3 Å². The number of amides is 4. The van der Waals surface area contributed by atoms with E-state index in [0.29, 0.717) is 22.7 Å². The highest BCUT2D eigenvalue weighted by atomic mass is 16.6. The van der Waals surface area contributed by atoms with Crippen molar-refractivity contribution in [3.05, 3.63) is 76.0 Å². The standard InChI is InChI=1S/C23H22N6O6/c1-14-12-19(28(26-14)16-6-8-17(9-7-16)29(33)34)24-20(30)13-27-21(31)23(2,25-22(27)32)15-4-10-18(35-3)11-5-15/h4-12H,13H2,1-3H3,(H,24,30)(H,25,32). The topological polar surface area (TPSA) is 149 Å². The number of nitrogens with one attached hydrogen (secondary N) is 2. The summed E-state index contributed by atoms with van der Waals surface area (Å²) in [5.74, 6) is -0.296. The molecule has 1 unspecified atom stereocenters.